The van der Waals surface area contributed by atoms with Gasteiger partial charge < -0.3 is 19.7 Å². The molecule has 7 heteroatoms. The summed E-state index contributed by atoms with van der Waals surface area (Å²) in [5.74, 6) is 0. The number of alkyl carbamates (subject to hydrolysis) is 1. The number of hydrogen-bond donors (Lipinski definition) is 1. The molecule has 0 spiro atoms. The van der Waals surface area contributed by atoms with Crippen LogP contribution in [0.2, 0.25) is 0 Å². The third-order valence-electron chi connectivity index (χ3n) is 5.26. The molecule has 34 heavy (non-hydrogen) atoms. The lowest BCUT2D eigenvalue weighted by atomic mass is 10.0. The molecular formula is C27H31N3O4. The van der Waals surface area contributed by atoms with E-state index in [4.69, 9.17) is 9.47 Å². The number of carbonyl (C=O) groups is 2. The Balaban J connectivity index is 1.52. The number of benzene rings is 2. The molecule has 2 aromatic carbocycles. The van der Waals surface area contributed by atoms with E-state index in [1.54, 1.807) is 11.1 Å². The number of rotatable bonds is 10. The van der Waals surface area contributed by atoms with Gasteiger partial charge in [0.05, 0.1) is 12.6 Å². The first-order valence-electron chi connectivity index (χ1n) is 11.4. The summed E-state index contributed by atoms with van der Waals surface area (Å²) in [5.41, 5.74) is 2.73. The molecule has 1 atom stereocenters. The van der Waals surface area contributed by atoms with Gasteiger partial charge in [0, 0.05) is 24.4 Å². The maximum atomic E-state index is 12.6. The Morgan fingerprint density at radius 3 is 2.24 bits per heavy atom. The highest BCUT2D eigenvalue weighted by Gasteiger charge is 2.20. The van der Waals surface area contributed by atoms with Crippen LogP contribution in [0, 0.1) is 0 Å². The number of hydrogen-bond acceptors (Lipinski definition) is 5. The van der Waals surface area contributed by atoms with E-state index in [-0.39, 0.29) is 31.8 Å². The fourth-order valence-corrected chi connectivity index (χ4v) is 3.45. The molecule has 3 aromatic rings. The van der Waals surface area contributed by atoms with Crippen LogP contribution in [-0.2, 0) is 22.5 Å². The van der Waals surface area contributed by atoms with Gasteiger partial charge in [-0.3, -0.25) is 4.98 Å². The van der Waals surface area contributed by atoms with Crippen molar-refractivity contribution in [1.82, 2.24) is 15.2 Å². The quantitative estimate of drug-likeness (QED) is 0.452. The molecule has 0 bridgehead atoms. The summed E-state index contributed by atoms with van der Waals surface area (Å²) < 4.78 is 10.8. The van der Waals surface area contributed by atoms with Crippen molar-refractivity contribution >= 4 is 12.2 Å². The first-order chi connectivity index (χ1) is 16.5. The SMILES string of the molecule is CC(C)N(CCOC(=O)NC(Cc1ccccn1)c1ccccc1)C(=O)OCc1ccccc1. The Morgan fingerprint density at radius 1 is 0.912 bits per heavy atom. The van der Waals surface area contributed by atoms with Crippen molar-refractivity contribution in [1.29, 1.82) is 0 Å². The van der Waals surface area contributed by atoms with Crippen LogP contribution in [0.4, 0.5) is 9.59 Å². The van der Waals surface area contributed by atoms with Gasteiger partial charge in [0.1, 0.15) is 13.2 Å². The molecule has 1 aromatic heterocycles. The topological polar surface area (TPSA) is 80.8 Å². The molecule has 178 valence electrons. The van der Waals surface area contributed by atoms with Crippen molar-refractivity contribution in [3.63, 3.8) is 0 Å². The lowest BCUT2D eigenvalue weighted by molar-refractivity contribution is 0.0713. The van der Waals surface area contributed by atoms with Gasteiger partial charge >= 0.3 is 12.2 Å². The van der Waals surface area contributed by atoms with E-state index in [2.05, 4.69) is 10.3 Å². The predicted octanol–water partition coefficient (Wildman–Crippen LogP) is 5.14. The van der Waals surface area contributed by atoms with Crippen molar-refractivity contribution in [2.75, 3.05) is 13.2 Å². The molecule has 0 fully saturated rings. The summed E-state index contributed by atoms with van der Waals surface area (Å²) in [6, 6.07) is 24.5. The molecule has 0 radical (unpaired) electrons. The van der Waals surface area contributed by atoms with Gasteiger partial charge in [0.25, 0.3) is 0 Å². The number of amides is 2. The van der Waals surface area contributed by atoms with Gasteiger partial charge in [-0.15, -0.1) is 0 Å². The van der Waals surface area contributed by atoms with Crippen LogP contribution in [0.25, 0.3) is 0 Å². The molecule has 0 saturated carbocycles. The maximum Gasteiger partial charge on any atom is 0.410 e. The third-order valence-corrected chi connectivity index (χ3v) is 5.26. The summed E-state index contributed by atoms with van der Waals surface area (Å²) in [4.78, 5) is 31.0. The molecule has 1 N–H and O–H groups in total. The van der Waals surface area contributed by atoms with E-state index in [1.165, 1.54) is 0 Å². The van der Waals surface area contributed by atoms with Crippen LogP contribution in [-0.4, -0.2) is 41.3 Å². The summed E-state index contributed by atoms with van der Waals surface area (Å²) in [6.07, 6.45) is 1.27. The number of nitrogens with zero attached hydrogens (tertiary/aromatic N) is 2. The summed E-state index contributed by atoms with van der Waals surface area (Å²) in [7, 11) is 0. The van der Waals surface area contributed by atoms with Crippen molar-refractivity contribution in [2.24, 2.45) is 0 Å². The lowest BCUT2D eigenvalue weighted by Crippen LogP contribution is -2.40. The second kappa shape index (κ2) is 13.0. The minimum absolute atomic E-state index is 0.0511. The van der Waals surface area contributed by atoms with Crippen molar-refractivity contribution in [2.45, 2.75) is 39.0 Å². The molecule has 0 aliphatic rings. The summed E-state index contributed by atoms with van der Waals surface area (Å²) >= 11 is 0. The fourth-order valence-electron chi connectivity index (χ4n) is 3.45. The lowest BCUT2D eigenvalue weighted by Gasteiger charge is -2.26. The normalized spacial score (nSPS) is 11.5. The van der Waals surface area contributed by atoms with Crippen LogP contribution >= 0.6 is 0 Å². The number of aromatic nitrogens is 1. The minimum atomic E-state index is -0.550. The Hall–Kier alpha value is -3.87. The molecule has 3 rings (SSSR count). The average molecular weight is 462 g/mol. The third kappa shape index (κ3) is 7.92. The van der Waals surface area contributed by atoms with E-state index in [9.17, 15) is 9.59 Å². The van der Waals surface area contributed by atoms with Gasteiger partial charge in [-0.2, -0.15) is 0 Å². The molecule has 1 heterocycles. The van der Waals surface area contributed by atoms with Crippen molar-refractivity contribution in [3.8, 4) is 0 Å². The van der Waals surface area contributed by atoms with Gasteiger partial charge in [-0.1, -0.05) is 66.7 Å². The van der Waals surface area contributed by atoms with Crippen LogP contribution in [0.5, 0.6) is 0 Å². The highest BCUT2D eigenvalue weighted by molar-refractivity contribution is 5.69. The molecule has 7 nitrogen and oxygen atoms in total. The van der Waals surface area contributed by atoms with Crippen LogP contribution in [0.1, 0.15) is 36.7 Å². The van der Waals surface area contributed by atoms with Crippen LogP contribution in [0.3, 0.4) is 0 Å². The van der Waals surface area contributed by atoms with Gasteiger partial charge in [0.2, 0.25) is 0 Å². The Labute approximate surface area is 200 Å². The average Bonchev–Trinajstić information content (AvgIpc) is 2.86. The Bertz CT molecular complexity index is 1010. The van der Waals surface area contributed by atoms with E-state index in [0.717, 1.165) is 16.8 Å². The van der Waals surface area contributed by atoms with Gasteiger partial charge in [0.15, 0.2) is 0 Å². The monoisotopic (exact) mass is 461 g/mol. The molecule has 0 aliphatic heterocycles. The van der Waals surface area contributed by atoms with Crippen LogP contribution < -0.4 is 5.32 Å². The summed E-state index contributed by atoms with van der Waals surface area (Å²) in [6.45, 7) is 4.26. The van der Waals surface area contributed by atoms with E-state index < -0.39 is 12.2 Å². The minimum Gasteiger partial charge on any atom is -0.448 e. The molecule has 1 unspecified atom stereocenters. The first-order valence-corrected chi connectivity index (χ1v) is 11.4. The van der Waals surface area contributed by atoms with Gasteiger partial charge in [-0.25, -0.2) is 9.59 Å². The number of nitrogens with one attached hydrogen (secondary N) is 1. The molecule has 2 amide bonds. The van der Waals surface area contributed by atoms with Crippen molar-refractivity contribution in [3.05, 3.63) is 102 Å². The number of ether oxygens (including phenoxy) is 2. The number of pyridine rings is 1. The second-order valence-corrected chi connectivity index (χ2v) is 8.10. The van der Waals surface area contributed by atoms with Crippen LogP contribution in [0.15, 0.2) is 85.1 Å². The highest BCUT2D eigenvalue weighted by atomic mass is 16.6. The van der Waals surface area contributed by atoms with Gasteiger partial charge in [-0.05, 0) is 37.1 Å². The smallest absolute Gasteiger partial charge is 0.410 e. The van der Waals surface area contributed by atoms with E-state index in [1.807, 2.05) is 92.7 Å². The highest BCUT2D eigenvalue weighted by Crippen LogP contribution is 2.17. The Kier molecular flexibility index (Phi) is 9.46. The van der Waals surface area contributed by atoms with E-state index in [0.29, 0.717) is 6.42 Å². The fraction of sp³-hybridized carbons (Fsp3) is 0.296. The molecule has 0 aliphatic carbocycles. The standard InChI is InChI=1S/C27H31N3O4/c1-21(2)30(27(32)34-20-22-11-5-3-6-12-22)17-18-33-26(31)29-25(23-13-7-4-8-14-23)19-24-15-9-10-16-28-24/h3-16,21,25H,17-20H2,1-2H3,(H,29,31). The largest absolute Gasteiger partial charge is 0.448 e. The predicted molar refractivity (Wildman–Crippen MR) is 130 cm³/mol. The van der Waals surface area contributed by atoms with Crippen molar-refractivity contribution < 1.29 is 19.1 Å². The molecule has 0 saturated heterocycles. The summed E-state index contributed by atoms with van der Waals surface area (Å²) in [5, 5.41) is 2.92. The molecular weight excluding hydrogens is 430 g/mol. The maximum absolute atomic E-state index is 12.6. The zero-order valence-corrected chi connectivity index (χ0v) is 19.6. The Morgan fingerprint density at radius 2 is 1.59 bits per heavy atom. The van der Waals surface area contributed by atoms with E-state index >= 15 is 0 Å². The second-order valence-electron chi connectivity index (χ2n) is 8.10. The number of carbonyl (C=O) groups excluding carboxylic acids is 2. The zero-order valence-electron chi connectivity index (χ0n) is 19.6. The first kappa shape index (κ1) is 24.8. The zero-order chi connectivity index (χ0) is 24.2.